The van der Waals surface area contributed by atoms with Crippen LogP contribution in [0.5, 0.6) is 0 Å². The third-order valence-corrected chi connectivity index (χ3v) is 3.35. The molecule has 0 radical (unpaired) electrons. The highest BCUT2D eigenvalue weighted by molar-refractivity contribution is 9.10. The lowest BCUT2D eigenvalue weighted by atomic mass is 10.3. The first-order chi connectivity index (χ1) is 6.59. The van der Waals surface area contributed by atoms with Crippen LogP contribution in [-0.4, -0.2) is 27.7 Å². The summed E-state index contributed by atoms with van der Waals surface area (Å²) in [5.74, 6) is 1.48. The topological polar surface area (TPSA) is 42.0 Å². The number of nitrogens with one attached hydrogen (secondary N) is 1. The highest BCUT2D eigenvalue weighted by atomic mass is 79.9. The van der Waals surface area contributed by atoms with Gasteiger partial charge in [0, 0.05) is 40.0 Å². The lowest BCUT2D eigenvalue weighted by Gasteiger charge is -2.05. The van der Waals surface area contributed by atoms with Crippen molar-refractivity contribution in [2.45, 2.75) is 6.92 Å². The molecule has 1 N–H and O–H groups in total. The molecule has 1 aromatic rings. The van der Waals surface area contributed by atoms with Crippen LogP contribution in [0.4, 0.5) is 5.82 Å². The predicted octanol–water partition coefficient (Wildman–Crippen LogP) is 1.94. The van der Waals surface area contributed by atoms with E-state index in [1.54, 1.807) is 12.5 Å². The second kappa shape index (κ2) is 5.46. The summed E-state index contributed by atoms with van der Waals surface area (Å²) in [6.07, 6.45) is 3.46. The van der Waals surface area contributed by atoms with Crippen molar-refractivity contribution in [3.05, 3.63) is 22.3 Å². The molecule has 0 aliphatic carbocycles. The first kappa shape index (κ1) is 11.7. The van der Waals surface area contributed by atoms with Crippen LogP contribution in [0, 0.1) is 6.92 Å². The molecule has 0 bridgehead atoms. The zero-order chi connectivity index (χ0) is 10.6. The highest BCUT2D eigenvalue weighted by Crippen LogP contribution is 2.16. The molecular formula is C9H13BrN2OS. The van der Waals surface area contributed by atoms with Crippen LogP contribution in [0.25, 0.3) is 0 Å². The molecule has 1 rings (SSSR count). The summed E-state index contributed by atoms with van der Waals surface area (Å²) >= 11 is 3.38. The number of anilines is 1. The summed E-state index contributed by atoms with van der Waals surface area (Å²) in [6.45, 7) is 2.70. The van der Waals surface area contributed by atoms with E-state index in [4.69, 9.17) is 0 Å². The van der Waals surface area contributed by atoms with E-state index in [1.165, 1.54) is 0 Å². The number of aromatic nitrogens is 1. The van der Waals surface area contributed by atoms with Gasteiger partial charge in [-0.05, 0) is 34.5 Å². The Balaban J connectivity index is 2.51. The number of hydrogen-bond acceptors (Lipinski definition) is 3. The average molecular weight is 277 g/mol. The predicted molar refractivity (Wildman–Crippen MR) is 64.1 cm³/mol. The maximum Gasteiger partial charge on any atom is 0.126 e. The van der Waals surface area contributed by atoms with Crippen molar-refractivity contribution < 1.29 is 4.21 Å². The SMILES string of the molecule is Cc1cc(NCCS(C)=O)ncc1Br. The van der Waals surface area contributed by atoms with Gasteiger partial charge in [0.15, 0.2) is 0 Å². The van der Waals surface area contributed by atoms with E-state index in [-0.39, 0.29) is 0 Å². The van der Waals surface area contributed by atoms with E-state index in [0.717, 1.165) is 15.9 Å². The lowest BCUT2D eigenvalue weighted by Crippen LogP contribution is -2.10. The van der Waals surface area contributed by atoms with Crippen molar-refractivity contribution in [2.24, 2.45) is 0 Å². The molecule has 0 aliphatic heterocycles. The van der Waals surface area contributed by atoms with Crippen LogP contribution in [0.15, 0.2) is 16.7 Å². The number of pyridine rings is 1. The van der Waals surface area contributed by atoms with Crippen LogP contribution in [0.3, 0.4) is 0 Å². The maximum atomic E-state index is 10.8. The molecule has 0 aliphatic rings. The van der Waals surface area contributed by atoms with Crippen molar-refractivity contribution in [1.82, 2.24) is 4.98 Å². The molecule has 1 heterocycles. The summed E-state index contributed by atoms with van der Waals surface area (Å²) in [5.41, 5.74) is 1.14. The fraction of sp³-hybridized carbons (Fsp3) is 0.444. The van der Waals surface area contributed by atoms with Crippen molar-refractivity contribution in [2.75, 3.05) is 23.9 Å². The van der Waals surface area contributed by atoms with Crippen LogP contribution in [-0.2, 0) is 10.8 Å². The fourth-order valence-electron chi connectivity index (χ4n) is 0.959. The molecule has 0 fully saturated rings. The van der Waals surface area contributed by atoms with Gasteiger partial charge in [-0.25, -0.2) is 4.98 Å². The average Bonchev–Trinajstić information content (AvgIpc) is 2.10. The van der Waals surface area contributed by atoms with Crippen molar-refractivity contribution in [1.29, 1.82) is 0 Å². The quantitative estimate of drug-likeness (QED) is 0.914. The maximum absolute atomic E-state index is 10.8. The minimum atomic E-state index is -0.749. The molecule has 0 saturated carbocycles. The molecule has 5 heteroatoms. The van der Waals surface area contributed by atoms with E-state index in [1.807, 2.05) is 13.0 Å². The standard InChI is InChI=1S/C9H13BrN2OS/c1-7-5-9(12-6-8(7)10)11-3-4-14(2)13/h5-6H,3-4H2,1-2H3,(H,11,12). The summed E-state index contributed by atoms with van der Waals surface area (Å²) < 4.78 is 11.8. The van der Waals surface area contributed by atoms with Crippen LogP contribution >= 0.6 is 15.9 Å². The van der Waals surface area contributed by atoms with Crippen LogP contribution in [0.2, 0.25) is 0 Å². The molecule has 0 spiro atoms. The number of halogens is 1. The number of rotatable bonds is 4. The fourth-order valence-corrected chi connectivity index (χ4v) is 1.57. The Bertz CT molecular complexity index is 344. The highest BCUT2D eigenvalue weighted by Gasteiger charge is 1.98. The van der Waals surface area contributed by atoms with Gasteiger partial charge in [-0.2, -0.15) is 0 Å². The van der Waals surface area contributed by atoms with E-state index < -0.39 is 10.8 Å². The molecule has 0 aromatic carbocycles. The Morgan fingerprint density at radius 1 is 1.64 bits per heavy atom. The summed E-state index contributed by atoms with van der Waals surface area (Å²) in [5, 5.41) is 3.12. The summed E-state index contributed by atoms with van der Waals surface area (Å²) in [4.78, 5) is 4.18. The van der Waals surface area contributed by atoms with Gasteiger partial charge in [0.05, 0.1) is 0 Å². The molecule has 1 unspecified atom stereocenters. The van der Waals surface area contributed by atoms with Gasteiger partial charge in [0.1, 0.15) is 5.82 Å². The largest absolute Gasteiger partial charge is 0.369 e. The normalized spacial score (nSPS) is 12.5. The zero-order valence-electron chi connectivity index (χ0n) is 8.21. The Hall–Kier alpha value is -0.420. The van der Waals surface area contributed by atoms with Gasteiger partial charge in [-0.15, -0.1) is 0 Å². The second-order valence-corrected chi connectivity index (χ2v) is 5.43. The Labute approximate surface area is 94.9 Å². The van der Waals surface area contributed by atoms with Crippen molar-refractivity contribution >= 4 is 32.5 Å². The first-order valence-electron chi connectivity index (χ1n) is 4.25. The smallest absolute Gasteiger partial charge is 0.126 e. The molecule has 1 aromatic heterocycles. The Morgan fingerprint density at radius 3 is 2.93 bits per heavy atom. The second-order valence-electron chi connectivity index (χ2n) is 3.02. The Morgan fingerprint density at radius 2 is 2.36 bits per heavy atom. The van der Waals surface area contributed by atoms with Gasteiger partial charge < -0.3 is 5.32 Å². The minimum Gasteiger partial charge on any atom is -0.369 e. The third kappa shape index (κ3) is 3.75. The molecule has 0 saturated heterocycles. The first-order valence-corrected chi connectivity index (χ1v) is 6.77. The van der Waals surface area contributed by atoms with Gasteiger partial charge in [-0.3, -0.25) is 4.21 Å². The van der Waals surface area contributed by atoms with E-state index in [0.29, 0.717) is 12.3 Å². The van der Waals surface area contributed by atoms with E-state index in [9.17, 15) is 4.21 Å². The molecule has 78 valence electrons. The zero-order valence-corrected chi connectivity index (χ0v) is 10.6. The van der Waals surface area contributed by atoms with Gasteiger partial charge in [-0.1, -0.05) is 0 Å². The van der Waals surface area contributed by atoms with Crippen LogP contribution < -0.4 is 5.32 Å². The minimum absolute atomic E-state index is 0.650. The van der Waals surface area contributed by atoms with E-state index in [2.05, 4.69) is 26.2 Å². The van der Waals surface area contributed by atoms with E-state index >= 15 is 0 Å². The third-order valence-electron chi connectivity index (χ3n) is 1.74. The number of hydrogen-bond donors (Lipinski definition) is 1. The van der Waals surface area contributed by atoms with Crippen molar-refractivity contribution in [3.8, 4) is 0 Å². The molecule has 0 amide bonds. The summed E-state index contributed by atoms with van der Waals surface area (Å²) in [6, 6.07) is 1.96. The number of nitrogens with zero attached hydrogens (tertiary/aromatic N) is 1. The lowest BCUT2D eigenvalue weighted by molar-refractivity contribution is 0.687. The monoisotopic (exact) mass is 276 g/mol. The summed E-state index contributed by atoms with van der Waals surface area (Å²) in [7, 11) is -0.749. The van der Waals surface area contributed by atoms with Crippen molar-refractivity contribution in [3.63, 3.8) is 0 Å². The molecule has 14 heavy (non-hydrogen) atoms. The molecular weight excluding hydrogens is 264 g/mol. The van der Waals surface area contributed by atoms with Gasteiger partial charge in [0.25, 0.3) is 0 Å². The Kier molecular flexibility index (Phi) is 4.54. The van der Waals surface area contributed by atoms with Gasteiger partial charge >= 0.3 is 0 Å². The number of aryl methyl sites for hydroxylation is 1. The van der Waals surface area contributed by atoms with Crippen LogP contribution in [0.1, 0.15) is 5.56 Å². The molecule has 1 atom stereocenters. The molecule has 3 nitrogen and oxygen atoms in total. The van der Waals surface area contributed by atoms with Gasteiger partial charge in [0.2, 0.25) is 0 Å².